The van der Waals surface area contributed by atoms with Gasteiger partial charge in [-0.2, -0.15) is 0 Å². The highest BCUT2D eigenvalue weighted by Crippen LogP contribution is 2.17. The smallest absolute Gasteiger partial charge is 0.408 e. The van der Waals surface area contributed by atoms with Crippen LogP contribution in [0.25, 0.3) is 0 Å². The fourth-order valence-corrected chi connectivity index (χ4v) is 1.22. The largest absolute Gasteiger partial charge is 0.436 e. The maximum absolute atomic E-state index is 10.7. The first-order valence-corrected chi connectivity index (χ1v) is 3.69. The van der Waals surface area contributed by atoms with Crippen molar-refractivity contribution < 1.29 is 9.53 Å². The van der Waals surface area contributed by atoms with E-state index in [-0.39, 0.29) is 12.2 Å². The van der Waals surface area contributed by atoms with Crippen LogP contribution < -0.4 is 5.32 Å². The second-order valence-electron chi connectivity index (χ2n) is 2.67. The molecule has 0 unspecified atom stereocenters. The van der Waals surface area contributed by atoms with E-state index in [1.165, 1.54) is 0 Å². The Kier molecular flexibility index (Phi) is 1.49. The van der Waals surface area contributed by atoms with Gasteiger partial charge in [-0.05, 0) is 0 Å². The first-order valence-electron chi connectivity index (χ1n) is 3.69. The number of amides is 1. The number of hydrogen-bond donors (Lipinski definition) is 1. The number of ether oxygens (including phenoxy) is 1. The van der Waals surface area contributed by atoms with E-state index >= 15 is 0 Å². The molecule has 1 aliphatic heterocycles. The summed E-state index contributed by atoms with van der Waals surface area (Å²) in [5.74, 6) is 0.772. The lowest BCUT2D eigenvalue weighted by Crippen LogP contribution is -2.13. The zero-order valence-corrected chi connectivity index (χ0v) is 6.65. The average Bonchev–Trinajstić information content (AvgIpc) is 2.58. The van der Waals surface area contributed by atoms with E-state index in [9.17, 15) is 4.79 Å². The maximum Gasteiger partial charge on any atom is 0.408 e. The fourth-order valence-electron chi connectivity index (χ4n) is 1.22. The summed E-state index contributed by atoms with van der Waals surface area (Å²) in [4.78, 5) is 14.8. The highest BCUT2D eigenvalue weighted by Gasteiger charge is 2.26. The number of rotatable bonds is 1. The van der Waals surface area contributed by atoms with Gasteiger partial charge in [0.25, 0.3) is 0 Å². The summed E-state index contributed by atoms with van der Waals surface area (Å²) < 4.78 is 6.79. The third kappa shape index (κ3) is 1.03. The van der Waals surface area contributed by atoms with Crippen LogP contribution in [0.2, 0.25) is 0 Å². The Morgan fingerprint density at radius 2 is 2.67 bits per heavy atom. The Morgan fingerprint density at radius 3 is 3.17 bits per heavy atom. The van der Waals surface area contributed by atoms with Crippen LogP contribution in [0.5, 0.6) is 0 Å². The summed E-state index contributed by atoms with van der Waals surface area (Å²) in [6.07, 6.45) is 2.89. The summed E-state index contributed by atoms with van der Waals surface area (Å²) in [6, 6.07) is 0. The third-order valence-electron chi connectivity index (χ3n) is 1.83. The van der Waals surface area contributed by atoms with Crippen molar-refractivity contribution in [1.29, 1.82) is 0 Å². The minimum Gasteiger partial charge on any atom is -0.436 e. The minimum atomic E-state index is -0.372. The van der Waals surface area contributed by atoms with Gasteiger partial charge in [0.1, 0.15) is 0 Å². The lowest BCUT2D eigenvalue weighted by atomic mass is 10.3. The van der Waals surface area contributed by atoms with Crippen LogP contribution in [0.1, 0.15) is 11.9 Å². The van der Waals surface area contributed by atoms with Gasteiger partial charge in [-0.3, -0.25) is 0 Å². The lowest BCUT2D eigenvalue weighted by molar-refractivity contribution is 0.135. The summed E-state index contributed by atoms with van der Waals surface area (Å²) in [5.41, 5.74) is 0. The quantitative estimate of drug-likeness (QED) is 0.650. The molecular weight excluding hydrogens is 158 g/mol. The molecule has 1 aromatic rings. The molecule has 0 bridgehead atoms. The number of carbonyl (C=O) groups is 1. The molecule has 5 nitrogen and oxygen atoms in total. The van der Waals surface area contributed by atoms with E-state index in [0.29, 0.717) is 6.54 Å². The standard InChI is InChI=1S/C7H9N3O2/c1-10-3-2-8-6(10)5-4-9-7(11)12-5/h2-3,5H,4H2,1H3,(H,9,11)/t5-/m1/s1. The molecule has 0 radical (unpaired) electrons. The van der Waals surface area contributed by atoms with E-state index in [4.69, 9.17) is 4.74 Å². The SMILES string of the molecule is Cn1ccnc1[C@H]1CNC(=O)O1. The predicted molar refractivity (Wildman–Crippen MR) is 40.4 cm³/mol. The van der Waals surface area contributed by atoms with Crippen molar-refractivity contribution in [1.82, 2.24) is 14.9 Å². The topological polar surface area (TPSA) is 56.2 Å². The molecule has 0 aromatic carbocycles. The Morgan fingerprint density at radius 1 is 1.83 bits per heavy atom. The van der Waals surface area contributed by atoms with Gasteiger partial charge < -0.3 is 14.6 Å². The van der Waals surface area contributed by atoms with E-state index in [0.717, 1.165) is 5.82 Å². The van der Waals surface area contributed by atoms with Gasteiger partial charge in [0.15, 0.2) is 11.9 Å². The molecule has 1 amide bonds. The molecule has 0 saturated carbocycles. The Bertz CT molecular complexity index is 307. The summed E-state index contributed by atoms with van der Waals surface area (Å²) in [5, 5.41) is 2.57. The monoisotopic (exact) mass is 167 g/mol. The number of cyclic esters (lactones) is 1. The van der Waals surface area contributed by atoms with Crippen LogP contribution in [-0.4, -0.2) is 22.2 Å². The first kappa shape index (κ1) is 7.15. The molecule has 1 N–H and O–H groups in total. The van der Waals surface area contributed by atoms with Crippen LogP contribution in [0.15, 0.2) is 12.4 Å². The van der Waals surface area contributed by atoms with Crippen LogP contribution in [-0.2, 0) is 11.8 Å². The van der Waals surface area contributed by atoms with E-state index in [1.807, 2.05) is 17.8 Å². The Balaban J connectivity index is 2.21. The van der Waals surface area contributed by atoms with Crippen LogP contribution in [0, 0.1) is 0 Å². The van der Waals surface area contributed by atoms with E-state index < -0.39 is 0 Å². The average molecular weight is 167 g/mol. The molecule has 2 rings (SSSR count). The van der Waals surface area contributed by atoms with Crippen molar-refractivity contribution >= 4 is 6.09 Å². The first-order chi connectivity index (χ1) is 5.77. The van der Waals surface area contributed by atoms with Crippen molar-refractivity contribution in [2.75, 3.05) is 6.54 Å². The molecule has 1 saturated heterocycles. The molecule has 1 fully saturated rings. The molecule has 1 aliphatic rings. The number of aromatic nitrogens is 2. The molecular formula is C7H9N3O2. The van der Waals surface area contributed by atoms with Gasteiger partial charge in [-0.25, -0.2) is 9.78 Å². The number of hydrogen-bond acceptors (Lipinski definition) is 3. The zero-order valence-electron chi connectivity index (χ0n) is 6.65. The number of nitrogens with one attached hydrogen (secondary N) is 1. The second kappa shape index (κ2) is 2.51. The van der Waals surface area contributed by atoms with Crippen LogP contribution in [0.4, 0.5) is 4.79 Å². The predicted octanol–water partition coefficient (Wildman–Crippen LogP) is 0.201. The molecule has 12 heavy (non-hydrogen) atoms. The van der Waals surface area contributed by atoms with Gasteiger partial charge in [-0.15, -0.1) is 0 Å². The van der Waals surface area contributed by atoms with Gasteiger partial charge in [0.05, 0.1) is 6.54 Å². The van der Waals surface area contributed by atoms with E-state index in [2.05, 4.69) is 10.3 Å². The molecule has 5 heteroatoms. The maximum atomic E-state index is 10.7. The van der Waals surface area contributed by atoms with Crippen LogP contribution in [0.3, 0.4) is 0 Å². The van der Waals surface area contributed by atoms with Crippen molar-refractivity contribution in [2.45, 2.75) is 6.10 Å². The molecule has 1 aromatic heterocycles. The second-order valence-corrected chi connectivity index (χ2v) is 2.67. The molecule has 2 heterocycles. The van der Waals surface area contributed by atoms with Gasteiger partial charge in [-0.1, -0.05) is 0 Å². The van der Waals surface area contributed by atoms with Crippen molar-refractivity contribution in [3.05, 3.63) is 18.2 Å². The molecule has 64 valence electrons. The van der Waals surface area contributed by atoms with E-state index in [1.54, 1.807) is 6.20 Å². The zero-order chi connectivity index (χ0) is 8.55. The Labute approximate surface area is 69.3 Å². The summed E-state index contributed by atoms with van der Waals surface area (Å²) >= 11 is 0. The Hall–Kier alpha value is -1.52. The van der Waals surface area contributed by atoms with Crippen molar-refractivity contribution in [2.24, 2.45) is 7.05 Å². The van der Waals surface area contributed by atoms with Gasteiger partial charge >= 0.3 is 6.09 Å². The molecule has 1 atom stereocenters. The van der Waals surface area contributed by atoms with Crippen LogP contribution >= 0.6 is 0 Å². The minimum absolute atomic E-state index is 0.238. The summed E-state index contributed by atoms with van der Waals surface area (Å²) in [6.45, 7) is 0.504. The van der Waals surface area contributed by atoms with Crippen molar-refractivity contribution in [3.63, 3.8) is 0 Å². The van der Waals surface area contributed by atoms with Gasteiger partial charge in [0.2, 0.25) is 0 Å². The number of carbonyl (C=O) groups excluding carboxylic acids is 1. The summed E-state index contributed by atoms with van der Waals surface area (Å²) in [7, 11) is 1.87. The third-order valence-corrected chi connectivity index (χ3v) is 1.83. The fraction of sp³-hybridized carbons (Fsp3) is 0.429. The number of alkyl carbamates (subject to hydrolysis) is 1. The lowest BCUT2D eigenvalue weighted by Gasteiger charge is -2.06. The normalized spacial score (nSPS) is 22.1. The number of imidazole rings is 1. The van der Waals surface area contributed by atoms with Gasteiger partial charge in [0, 0.05) is 19.4 Å². The molecule has 0 spiro atoms. The number of aryl methyl sites for hydroxylation is 1. The number of nitrogens with zero attached hydrogens (tertiary/aromatic N) is 2. The molecule has 0 aliphatic carbocycles. The van der Waals surface area contributed by atoms with Crippen molar-refractivity contribution in [3.8, 4) is 0 Å². The highest BCUT2D eigenvalue weighted by atomic mass is 16.6. The highest BCUT2D eigenvalue weighted by molar-refractivity contribution is 5.69.